The van der Waals surface area contributed by atoms with E-state index in [0.717, 1.165) is 5.56 Å². The maximum absolute atomic E-state index is 12.2. The number of likely N-dealkylation sites (N-methyl/N-ethyl adjacent to an activating group) is 1. The molecular weight excluding hydrogens is 302 g/mol. The van der Waals surface area contributed by atoms with E-state index < -0.39 is 10.0 Å². The molecule has 1 unspecified atom stereocenters. The van der Waals surface area contributed by atoms with E-state index in [0.29, 0.717) is 30.8 Å². The molecule has 0 aliphatic carbocycles. The Morgan fingerprint density at radius 1 is 1.41 bits per heavy atom. The number of nitrogens with one attached hydrogen (secondary N) is 2. The maximum atomic E-state index is 12.2. The number of hydrogen-bond donors (Lipinski definition) is 2. The molecule has 1 atom stereocenters. The normalized spacial score (nSPS) is 18.2. The highest BCUT2D eigenvalue weighted by Gasteiger charge is 2.28. The standard InChI is InChI=1S/C15H23N3O3S/c1-11-9-13(18-7-4-8-22(18,20)21)5-6-14(11)15(19)17-10-12(2)16-3/h5-6,9,12,16H,4,7-8,10H2,1-3H3,(H,17,19). The van der Waals surface area contributed by atoms with E-state index in [1.54, 1.807) is 18.2 Å². The minimum absolute atomic E-state index is 0.143. The van der Waals surface area contributed by atoms with Crippen molar-refractivity contribution in [2.24, 2.45) is 0 Å². The minimum Gasteiger partial charge on any atom is -0.350 e. The van der Waals surface area contributed by atoms with Crippen LogP contribution in [0.15, 0.2) is 18.2 Å². The van der Waals surface area contributed by atoms with Gasteiger partial charge < -0.3 is 10.6 Å². The lowest BCUT2D eigenvalue weighted by Crippen LogP contribution is -2.37. The van der Waals surface area contributed by atoms with Gasteiger partial charge in [-0.3, -0.25) is 9.10 Å². The Balaban J connectivity index is 2.15. The van der Waals surface area contributed by atoms with Gasteiger partial charge in [-0.15, -0.1) is 0 Å². The molecule has 1 aromatic carbocycles. The Bertz CT molecular complexity index is 658. The first-order valence-electron chi connectivity index (χ1n) is 7.41. The molecule has 1 fully saturated rings. The van der Waals surface area contributed by atoms with Crippen molar-refractivity contribution in [2.75, 3.05) is 30.2 Å². The van der Waals surface area contributed by atoms with Gasteiger partial charge in [0.15, 0.2) is 0 Å². The lowest BCUT2D eigenvalue weighted by Gasteiger charge is -2.18. The number of aryl methyl sites for hydroxylation is 1. The Morgan fingerprint density at radius 2 is 2.14 bits per heavy atom. The van der Waals surface area contributed by atoms with Crippen LogP contribution in [0, 0.1) is 6.92 Å². The van der Waals surface area contributed by atoms with Crippen LogP contribution in [0.3, 0.4) is 0 Å². The fourth-order valence-corrected chi connectivity index (χ4v) is 3.99. The zero-order chi connectivity index (χ0) is 16.3. The van der Waals surface area contributed by atoms with Gasteiger partial charge in [-0.25, -0.2) is 8.42 Å². The van der Waals surface area contributed by atoms with Crippen molar-refractivity contribution in [1.29, 1.82) is 0 Å². The van der Waals surface area contributed by atoms with Gasteiger partial charge >= 0.3 is 0 Å². The molecule has 0 spiro atoms. The highest BCUT2D eigenvalue weighted by molar-refractivity contribution is 7.93. The number of benzene rings is 1. The molecule has 122 valence electrons. The van der Waals surface area contributed by atoms with Gasteiger partial charge in [0, 0.05) is 24.7 Å². The van der Waals surface area contributed by atoms with Crippen LogP contribution in [0.25, 0.3) is 0 Å². The van der Waals surface area contributed by atoms with E-state index in [-0.39, 0.29) is 17.7 Å². The van der Waals surface area contributed by atoms with Crippen molar-refractivity contribution in [1.82, 2.24) is 10.6 Å². The molecule has 2 rings (SSSR count). The van der Waals surface area contributed by atoms with Crippen molar-refractivity contribution in [2.45, 2.75) is 26.3 Å². The predicted octanol–water partition coefficient (Wildman–Crippen LogP) is 0.873. The summed E-state index contributed by atoms with van der Waals surface area (Å²) in [4.78, 5) is 12.2. The summed E-state index contributed by atoms with van der Waals surface area (Å²) in [7, 11) is -1.35. The molecule has 0 aromatic heterocycles. The first-order chi connectivity index (χ1) is 10.3. The molecule has 22 heavy (non-hydrogen) atoms. The van der Waals surface area contributed by atoms with Crippen molar-refractivity contribution in [3.63, 3.8) is 0 Å². The number of carbonyl (C=O) groups excluding carboxylic acids is 1. The van der Waals surface area contributed by atoms with E-state index in [1.165, 1.54) is 4.31 Å². The summed E-state index contributed by atoms with van der Waals surface area (Å²) in [6, 6.07) is 5.35. The SMILES string of the molecule is CNC(C)CNC(=O)c1ccc(N2CCCS2(=O)=O)cc1C. The van der Waals surface area contributed by atoms with Gasteiger partial charge in [0.1, 0.15) is 0 Å². The zero-order valence-corrected chi connectivity index (χ0v) is 14.0. The zero-order valence-electron chi connectivity index (χ0n) is 13.2. The number of hydrogen-bond acceptors (Lipinski definition) is 4. The molecular formula is C15H23N3O3S. The summed E-state index contributed by atoms with van der Waals surface area (Å²) in [5.41, 5.74) is 1.98. The van der Waals surface area contributed by atoms with Crippen LogP contribution in [-0.2, 0) is 10.0 Å². The number of sulfonamides is 1. The van der Waals surface area contributed by atoms with Crippen molar-refractivity contribution >= 4 is 21.6 Å². The fourth-order valence-electron chi connectivity index (χ4n) is 2.43. The summed E-state index contributed by atoms with van der Waals surface area (Å²) in [5, 5.41) is 5.92. The number of carbonyl (C=O) groups is 1. The number of rotatable bonds is 5. The highest BCUT2D eigenvalue weighted by Crippen LogP contribution is 2.26. The number of anilines is 1. The van der Waals surface area contributed by atoms with Crippen LogP contribution in [0.2, 0.25) is 0 Å². The van der Waals surface area contributed by atoms with E-state index in [4.69, 9.17) is 0 Å². The van der Waals surface area contributed by atoms with Crippen LogP contribution >= 0.6 is 0 Å². The second-order valence-electron chi connectivity index (χ2n) is 5.64. The molecule has 6 nitrogen and oxygen atoms in total. The second kappa shape index (κ2) is 6.66. The Labute approximate surface area is 131 Å². The van der Waals surface area contributed by atoms with Crippen LogP contribution in [0.1, 0.15) is 29.3 Å². The van der Waals surface area contributed by atoms with E-state index in [2.05, 4.69) is 10.6 Å². The van der Waals surface area contributed by atoms with Crippen LogP contribution in [-0.4, -0.2) is 46.3 Å². The molecule has 0 bridgehead atoms. The molecule has 0 radical (unpaired) electrons. The molecule has 1 heterocycles. The van der Waals surface area contributed by atoms with E-state index in [1.807, 2.05) is 20.9 Å². The van der Waals surface area contributed by atoms with Gasteiger partial charge in [0.05, 0.1) is 11.4 Å². The average molecular weight is 325 g/mol. The summed E-state index contributed by atoms with van der Waals surface area (Å²) < 4.78 is 25.3. The topological polar surface area (TPSA) is 78.5 Å². The Kier molecular flexibility index (Phi) is 5.08. The van der Waals surface area contributed by atoms with Crippen molar-refractivity contribution in [3.05, 3.63) is 29.3 Å². The predicted molar refractivity (Wildman–Crippen MR) is 87.8 cm³/mol. The minimum atomic E-state index is -3.19. The third kappa shape index (κ3) is 3.59. The van der Waals surface area contributed by atoms with Crippen molar-refractivity contribution in [3.8, 4) is 0 Å². The smallest absolute Gasteiger partial charge is 0.251 e. The molecule has 0 saturated carbocycles. The Morgan fingerprint density at radius 3 is 2.68 bits per heavy atom. The number of amides is 1. The highest BCUT2D eigenvalue weighted by atomic mass is 32.2. The average Bonchev–Trinajstić information content (AvgIpc) is 2.83. The molecule has 1 amide bonds. The van der Waals surface area contributed by atoms with Gasteiger partial charge in [-0.2, -0.15) is 0 Å². The van der Waals surface area contributed by atoms with Gasteiger partial charge in [-0.1, -0.05) is 0 Å². The Hall–Kier alpha value is -1.60. The summed E-state index contributed by atoms with van der Waals surface area (Å²) >= 11 is 0. The third-order valence-electron chi connectivity index (χ3n) is 3.90. The van der Waals surface area contributed by atoms with Crippen LogP contribution < -0.4 is 14.9 Å². The van der Waals surface area contributed by atoms with Gasteiger partial charge in [0.25, 0.3) is 5.91 Å². The first-order valence-corrected chi connectivity index (χ1v) is 9.02. The summed E-state index contributed by atoms with van der Waals surface area (Å²) in [6.07, 6.45) is 0.644. The molecule has 1 aliphatic heterocycles. The second-order valence-corrected chi connectivity index (χ2v) is 7.65. The monoisotopic (exact) mass is 325 g/mol. The molecule has 1 aliphatic rings. The lowest BCUT2D eigenvalue weighted by molar-refractivity contribution is 0.0950. The molecule has 2 N–H and O–H groups in total. The van der Waals surface area contributed by atoms with Crippen LogP contribution in [0.5, 0.6) is 0 Å². The van der Waals surface area contributed by atoms with E-state index >= 15 is 0 Å². The third-order valence-corrected chi connectivity index (χ3v) is 5.77. The summed E-state index contributed by atoms with van der Waals surface area (Å²) in [6.45, 7) is 4.85. The van der Waals surface area contributed by atoms with Gasteiger partial charge in [0.2, 0.25) is 10.0 Å². The molecule has 1 saturated heterocycles. The maximum Gasteiger partial charge on any atom is 0.251 e. The van der Waals surface area contributed by atoms with Crippen LogP contribution in [0.4, 0.5) is 5.69 Å². The lowest BCUT2D eigenvalue weighted by atomic mass is 10.1. The quantitative estimate of drug-likeness (QED) is 0.842. The molecule has 1 aromatic rings. The summed E-state index contributed by atoms with van der Waals surface area (Å²) in [5.74, 6) is 0.0475. The fraction of sp³-hybridized carbons (Fsp3) is 0.533. The molecule has 7 heteroatoms. The first kappa shape index (κ1) is 16.8. The van der Waals surface area contributed by atoms with E-state index in [9.17, 15) is 13.2 Å². The number of nitrogens with zero attached hydrogens (tertiary/aromatic N) is 1. The largest absolute Gasteiger partial charge is 0.350 e. The van der Waals surface area contributed by atoms with Crippen molar-refractivity contribution < 1.29 is 13.2 Å². The van der Waals surface area contributed by atoms with Gasteiger partial charge in [-0.05, 0) is 51.1 Å².